The first-order valence-corrected chi connectivity index (χ1v) is 12.9. The zero-order chi connectivity index (χ0) is 20.2. The van der Waals surface area contributed by atoms with Gasteiger partial charge >= 0.3 is 0 Å². The summed E-state index contributed by atoms with van der Waals surface area (Å²) < 4.78 is 2.73. The van der Waals surface area contributed by atoms with E-state index in [9.17, 15) is 0 Å². The van der Waals surface area contributed by atoms with Gasteiger partial charge in [0.1, 0.15) is 0 Å². The number of hydrogen-bond acceptors (Lipinski definition) is 2. The molecule has 3 unspecified atom stereocenters. The van der Waals surface area contributed by atoms with Gasteiger partial charge in [-0.3, -0.25) is 0 Å². The van der Waals surface area contributed by atoms with E-state index in [4.69, 9.17) is 0 Å². The molecule has 4 saturated carbocycles. The van der Waals surface area contributed by atoms with E-state index in [0.29, 0.717) is 5.41 Å². The molecule has 4 aliphatic carbocycles. The van der Waals surface area contributed by atoms with Gasteiger partial charge in [0.15, 0.2) is 0 Å². The van der Waals surface area contributed by atoms with Crippen molar-refractivity contribution in [3.8, 4) is 0 Å². The lowest BCUT2D eigenvalue weighted by Crippen LogP contribution is -2.34. The molecule has 6 atom stereocenters. The van der Waals surface area contributed by atoms with E-state index >= 15 is 0 Å². The highest BCUT2D eigenvalue weighted by Gasteiger charge is 2.64. The summed E-state index contributed by atoms with van der Waals surface area (Å²) >= 11 is 1.88. The lowest BCUT2D eigenvalue weighted by Gasteiger charge is -2.41. The van der Waals surface area contributed by atoms with Crippen molar-refractivity contribution in [2.24, 2.45) is 29.6 Å². The molecule has 4 aliphatic rings. The normalized spacial score (nSPS) is 34.9. The van der Waals surface area contributed by atoms with Crippen LogP contribution in [0.2, 0.25) is 0 Å². The number of benzene rings is 3. The maximum Gasteiger partial charge on any atom is 0.0391 e. The molecule has 4 fully saturated rings. The molecule has 0 saturated heterocycles. The van der Waals surface area contributed by atoms with Crippen molar-refractivity contribution in [1.29, 1.82) is 0 Å². The number of fused-ring (bicyclic) bond motifs is 6. The van der Waals surface area contributed by atoms with E-state index in [2.05, 4.69) is 72.0 Å². The van der Waals surface area contributed by atoms with Crippen LogP contribution in [0.1, 0.15) is 37.7 Å². The van der Waals surface area contributed by atoms with Crippen molar-refractivity contribution in [2.75, 3.05) is 5.32 Å². The summed E-state index contributed by atoms with van der Waals surface area (Å²) in [6.45, 7) is 0. The first-order valence-electron chi connectivity index (χ1n) is 12.0. The molecule has 8 rings (SSSR count). The molecule has 0 radical (unpaired) electrons. The van der Waals surface area contributed by atoms with Crippen LogP contribution >= 0.6 is 11.3 Å². The highest BCUT2D eigenvalue weighted by atomic mass is 32.1. The first kappa shape index (κ1) is 17.3. The highest BCUT2D eigenvalue weighted by molar-refractivity contribution is 7.25. The Morgan fingerprint density at radius 3 is 2.42 bits per heavy atom. The quantitative estimate of drug-likeness (QED) is 0.352. The molecule has 1 nitrogen and oxygen atoms in total. The van der Waals surface area contributed by atoms with Gasteiger partial charge in [0.05, 0.1) is 0 Å². The van der Waals surface area contributed by atoms with Crippen molar-refractivity contribution in [3.05, 3.63) is 72.3 Å². The molecular weight excluding hydrogens is 394 g/mol. The molecule has 0 amide bonds. The monoisotopic (exact) mass is 421 g/mol. The molecule has 0 aliphatic heterocycles. The largest absolute Gasteiger partial charge is 0.356 e. The first-order chi connectivity index (χ1) is 15.3. The van der Waals surface area contributed by atoms with Gasteiger partial charge in [-0.25, -0.2) is 0 Å². The highest BCUT2D eigenvalue weighted by Crippen LogP contribution is 2.72. The van der Waals surface area contributed by atoms with Crippen LogP contribution in [0.15, 0.2) is 66.7 Å². The van der Waals surface area contributed by atoms with Crippen LogP contribution in [-0.2, 0) is 5.41 Å². The zero-order valence-corrected chi connectivity index (χ0v) is 18.5. The minimum atomic E-state index is 0.499. The van der Waals surface area contributed by atoms with Crippen LogP contribution in [0.5, 0.6) is 0 Å². The number of thiophene rings is 1. The van der Waals surface area contributed by atoms with Gasteiger partial charge in [0.25, 0.3) is 0 Å². The number of nitrogens with one attached hydrogen (secondary N) is 1. The summed E-state index contributed by atoms with van der Waals surface area (Å²) in [7, 11) is 0. The van der Waals surface area contributed by atoms with E-state index in [1.807, 2.05) is 11.3 Å². The zero-order valence-electron chi connectivity index (χ0n) is 17.7. The summed E-state index contributed by atoms with van der Waals surface area (Å²) in [6.07, 6.45) is 7.54. The van der Waals surface area contributed by atoms with Crippen LogP contribution in [0.4, 0.5) is 11.4 Å². The van der Waals surface area contributed by atoms with Gasteiger partial charge in [0.2, 0.25) is 0 Å². The summed E-state index contributed by atoms with van der Waals surface area (Å²) in [6, 6.07) is 25.1. The van der Waals surface area contributed by atoms with Gasteiger partial charge in [-0.1, -0.05) is 30.3 Å². The maximum atomic E-state index is 3.67. The molecule has 3 aromatic carbocycles. The van der Waals surface area contributed by atoms with Crippen LogP contribution < -0.4 is 5.32 Å². The Kier molecular flexibility index (Phi) is 3.30. The summed E-state index contributed by atoms with van der Waals surface area (Å²) in [5.74, 6) is 5.31. The van der Waals surface area contributed by atoms with Gasteiger partial charge in [0, 0.05) is 31.5 Å². The Balaban J connectivity index is 1.09. The second-order valence-corrected chi connectivity index (χ2v) is 12.0. The molecular formula is C29H27NS. The minimum absolute atomic E-state index is 0.499. The second kappa shape index (κ2) is 5.92. The third kappa shape index (κ3) is 2.32. The molecule has 1 aromatic heterocycles. The third-order valence-electron chi connectivity index (χ3n) is 9.56. The molecule has 0 spiro atoms. The Bertz CT molecular complexity index is 1330. The van der Waals surface area contributed by atoms with Crippen molar-refractivity contribution < 1.29 is 0 Å². The number of hydrogen-bond donors (Lipinski definition) is 1. The summed E-state index contributed by atoms with van der Waals surface area (Å²) in [5.41, 5.74) is 4.50. The van der Waals surface area contributed by atoms with Gasteiger partial charge in [-0.05, 0) is 109 Å². The predicted molar refractivity (Wildman–Crippen MR) is 131 cm³/mol. The van der Waals surface area contributed by atoms with E-state index in [-0.39, 0.29) is 0 Å². The average molecular weight is 422 g/mol. The Morgan fingerprint density at radius 2 is 1.48 bits per heavy atom. The molecule has 1 N–H and O–H groups in total. The number of anilines is 2. The number of rotatable bonds is 3. The van der Waals surface area contributed by atoms with Crippen LogP contribution in [0.25, 0.3) is 20.2 Å². The fourth-order valence-electron chi connectivity index (χ4n) is 8.48. The van der Waals surface area contributed by atoms with Gasteiger partial charge in [-0.2, -0.15) is 0 Å². The Morgan fingerprint density at radius 1 is 0.677 bits per heavy atom. The predicted octanol–water partition coefficient (Wildman–Crippen LogP) is 8.12. The minimum Gasteiger partial charge on any atom is -0.356 e. The van der Waals surface area contributed by atoms with Crippen molar-refractivity contribution in [2.45, 2.75) is 37.5 Å². The molecule has 4 aromatic rings. The SMILES string of the molecule is c1ccc2c(c1)sc1ccc(Nc3ccc(C45C[C@@H]6CC7CC6[C@@H](C4)[C@@H]7C5)cc3)cc12. The molecule has 31 heavy (non-hydrogen) atoms. The smallest absolute Gasteiger partial charge is 0.0391 e. The lowest BCUT2D eigenvalue weighted by molar-refractivity contribution is 0.138. The summed E-state index contributed by atoms with van der Waals surface area (Å²) in [4.78, 5) is 0. The van der Waals surface area contributed by atoms with Crippen LogP contribution in [0.3, 0.4) is 0 Å². The standard InChI is InChI=1S/C29H27NS/c1-2-4-27-22(3-1)24-13-21(9-10-28(24)31-27)30-20-7-5-19(6-8-20)29-14-18-11-17-12-23(18)26(16-29)25(17)15-29/h1-10,13,17-18,23,25-26,30H,11-12,14-16H2/t17?,18-,23?,25+,26+,29?/m0/s1. The van der Waals surface area contributed by atoms with E-state index in [0.717, 1.165) is 29.6 Å². The molecule has 2 heteroatoms. The maximum absolute atomic E-state index is 3.67. The van der Waals surface area contributed by atoms with Crippen molar-refractivity contribution >= 4 is 42.9 Å². The van der Waals surface area contributed by atoms with Gasteiger partial charge in [-0.15, -0.1) is 11.3 Å². The second-order valence-electron chi connectivity index (χ2n) is 10.9. The molecule has 1 heterocycles. The van der Waals surface area contributed by atoms with E-state index < -0.39 is 0 Å². The molecule has 154 valence electrons. The van der Waals surface area contributed by atoms with Crippen LogP contribution in [-0.4, -0.2) is 0 Å². The topological polar surface area (TPSA) is 12.0 Å². The van der Waals surface area contributed by atoms with Crippen molar-refractivity contribution in [3.63, 3.8) is 0 Å². The van der Waals surface area contributed by atoms with E-state index in [1.54, 1.807) is 18.4 Å². The fourth-order valence-corrected chi connectivity index (χ4v) is 9.57. The van der Waals surface area contributed by atoms with Crippen molar-refractivity contribution in [1.82, 2.24) is 0 Å². The lowest BCUT2D eigenvalue weighted by atomic mass is 9.63. The Labute approximate surface area is 187 Å². The van der Waals surface area contributed by atoms with E-state index in [1.165, 1.54) is 50.8 Å². The average Bonchev–Trinajstić information content (AvgIpc) is 3.50. The van der Waals surface area contributed by atoms with Crippen LogP contribution in [0, 0.1) is 29.6 Å². The molecule has 4 bridgehead atoms. The van der Waals surface area contributed by atoms with Gasteiger partial charge < -0.3 is 5.32 Å². The third-order valence-corrected chi connectivity index (χ3v) is 10.7. The summed E-state index contributed by atoms with van der Waals surface area (Å²) in [5, 5.41) is 6.39. The fraction of sp³-hybridized carbons (Fsp3) is 0.379. The Hall–Kier alpha value is -2.32.